The topological polar surface area (TPSA) is 59.5 Å². The van der Waals surface area contributed by atoms with Gasteiger partial charge in [-0.3, -0.25) is 4.98 Å². The van der Waals surface area contributed by atoms with Crippen LogP contribution in [0.4, 0.5) is 0 Å². The van der Waals surface area contributed by atoms with Crippen LogP contribution in [-0.2, 0) is 21.2 Å². The largest absolute Gasteiger partial charge is 0.379 e. The van der Waals surface area contributed by atoms with E-state index in [0.717, 1.165) is 5.56 Å². The van der Waals surface area contributed by atoms with Crippen molar-refractivity contribution in [3.05, 3.63) is 30.1 Å². The van der Waals surface area contributed by atoms with Crippen LogP contribution in [0.15, 0.2) is 24.5 Å². The minimum absolute atomic E-state index is 0.150. The Hall–Kier alpha value is -0.980. The molecular weight excluding hydrogens is 240 g/mol. The number of nitrogens with zero attached hydrogens (tertiary/aromatic N) is 2. The normalized spacial score (nSPS) is 18.1. The van der Waals surface area contributed by atoms with Gasteiger partial charge in [0.05, 0.1) is 19.0 Å². The Morgan fingerprint density at radius 1 is 1.24 bits per heavy atom. The Kier molecular flexibility index (Phi) is 4.09. The first-order valence-electron chi connectivity index (χ1n) is 5.63. The molecule has 0 bridgehead atoms. The zero-order valence-electron chi connectivity index (χ0n) is 9.58. The first kappa shape index (κ1) is 12.5. The van der Waals surface area contributed by atoms with Crippen LogP contribution >= 0.6 is 0 Å². The van der Waals surface area contributed by atoms with Crippen molar-refractivity contribution in [2.75, 3.05) is 32.1 Å². The van der Waals surface area contributed by atoms with Gasteiger partial charge in [-0.05, 0) is 24.1 Å². The summed E-state index contributed by atoms with van der Waals surface area (Å²) in [6.07, 6.45) is 3.88. The van der Waals surface area contributed by atoms with Crippen LogP contribution in [0.2, 0.25) is 0 Å². The third-order valence-electron chi connectivity index (χ3n) is 2.76. The molecule has 0 N–H and O–H groups in total. The van der Waals surface area contributed by atoms with Crippen molar-refractivity contribution >= 4 is 10.0 Å². The molecule has 0 radical (unpaired) electrons. The fourth-order valence-corrected chi connectivity index (χ4v) is 3.21. The van der Waals surface area contributed by atoms with Crippen molar-refractivity contribution in [2.45, 2.75) is 6.42 Å². The molecule has 1 aliphatic rings. The third-order valence-corrected chi connectivity index (χ3v) is 4.63. The summed E-state index contributed by atoms with van der Waals surface area (Å²) in [5.41, 5.74) is 0.997. The van der Waals surface area contributed by atoms with Gasteiger partial charge in [0.25, 0.3) is 0 Å². The van der Waals surface area contributed by atoms with Gasteiger partial charge in [0, 0.05) is 25.5 Å². The van der Waals surface area contributed by atoms with Gasteiger partial charge in [-0.1, -0.05) is 0 Å². The van der Waals surface area contributed by atoms with E-state index in [1.165, 1.54) is 4.31 Å². The molecule has 0 unspecified atom stereocenters. The Morgan fingerprint density at radius 3 is 2.53 bits per heavy atom. The van der Waals surface area contributed by atoms with Gasteiger partial charge < -0.3 is 4.74 Å². The van der Waals surface area contributed by atoms with E-state index in [1.54, 1.807) is 12.4 Å². The number of aromatic nitrogens is 1. The first-order chi connectivity index (χ1) is 8.18. The van der Waals surface area contributed by atoms with E-state index in [2.05, 4.69) is 4.98 Å². The van der Waals surface area contributed by atoms with Crippen LogP contribution in [-0.4, -0.2) is 49.8 Å². The quantitative estimate of drug-likeness (QED) is 0.776. The van der Waals surface area contributed by atoms with Gasteiger partial charge in [-0.25, -0.2) is 8.42 Å². The molecule has 0 saturated carbocycles. The van der Waals surface area contributed by atoms with Crippen molar-refractivity contribution in [3.8, 4) is 0 Å². The summed E-state index contributed by atoms with van der Waals surface area (Å²) in [5.74, 6) is 0.150. The highest BCUT2D eigenvalue weighted by molar-refractivity contribution is 7.89. The summed E-state index contributed by atoms with van der Waals surface area (Å²) < 4.78 is 30.7. The highest BCUT2D eigenvalue weighted by atomic mass is 32.2. The molecule has 0 aromatic carbocycles. The van der Waals surface area contributed by atoms with E-state index < -0.39 is 10.0 Å². The number of morpholine rings is 1. The predicted molar refractivity (Wildman–Crippen MR) is 64.1 cm³/mol. The summed E-state index contributed by atoms with van der Waals surface area (Å²) >= 11 is 0. The van der Waals surface area contributed by atoms with Gasteiger partial charge >= 0.3 is 0 Å². The Bertz CT molecular complexity index is 441. The molecule has 0 atom stereocenters. The van der Waals surface area contributed by atoms with Crippen molar-refractivity contribution in [1.82, 2.24) is 9.29 Å². The van der Waals surface area contributed by atoms with E-state index >= 15 is 0 Å². The predicted octanol–water partition coefficient (Wildman–Crippen LogP) is 0.286. The van der Waals surface area contributed by atoms with E-state index in [1.807, 2.05) is 12.1 Å². The molecule has 2 heterocycles. The molecule has 17 heavy (non-hydrogen) atoms. The zero-order valence-corrected chi connectivity index (χ0v) is 10.4. The smallest absolute Gasteiger partial charge is 0.214 e. The molecule has 0 spiro atoms. The highest BCUT2D eigenvalue weighted by Crippen LogP contribution is 2.08. The molecule has 94 valence electrons. The number of hydrogen-bond acceptors (Lipinski definition) is 4. The van der Waals surface area contributed by atoms with Crippen LogP contribution in [0.25, 0.3) is 0 Å². The molecule has 1 aromatic rings. The second kappa shape index (κ2) is 5.57. The molecule has 0 aliphatic carbocycles. The SMILES string of the molecule is O=S(=O)(CCc1ccncc1)N1CCOCC1. The second-order valence-electron chi connectivity index (χ2n) is 3.93. The van der Waals surface area contributed by atoms with Gasteiger partial charge in [-0.2, -0.15) is 4.31 Å². The maximum atomic E-state index is 12.0. The van der Waals surface area contributed by atoms with Gasteiger partial charge in [0.2, 0.25) is 10.0 Å². The van der Waals surface area contributed by atoms with Crippen LogP contribution < -0.4 is 0 Å². The van der Waals surface area contributed by atoms with E-state index in [4.69, 9.17) is 4.74 Å². The summed E-state index contributed by atoms with van der Waals surface area (Å²) in [7, 11) is -3.15. The Labute approximate surface area is 101 Å². The molecule has 1 fully saturated rings. The summed E-state index contributed by atoms with van der Waals surface area (Å²) in [6, 6.07) is 3.68. The van der Waals surface area contributed by atoms with Crippen LogP contribution in [0, 0.1) is 0 Å². The minimum atomic E-state index is -3.15. The highest BCUT2D eigenvalue weighted by Gasteiger charge is 2.23. The fraction of sp³-hybridized carbons (Fsp3) is 0.545. The van der Waals surface area contributed by atoms with E-state index in [9.17, 15) is 8.42 Å². The molecule has 2 rings (SSSR count). The summed E-state index contributed by atoms with van der Waals surface area (Å²) in [4.78, 5) is 3.90. The maximum Gasteiger partial charge on any atom is 0.214 e. The Morgan fingerprint density at radius 2 is 1.88 bits per heavy atom. The summed E-state index contributed by atoms with van der Waals surface area (Å²) in [6.45, 7) is 1.93. The van der Waals surface area contributed by atoms with Crippen molar-refractivity contribution < 1.29 is 13.2 Å². The molecule has 0 amide bonds. The average molecular weight is 256 g/mol. The summed E-state index contributed by atoms with van der Waals surface area (Å²) in [5, 5.41) is 0. The molecule has 5 nitrogen and oxygen atoms in total. The number of ether oxygens (including phenoxy) is 1. The molecular formula is C11H16N2O3S. The van der Waals surface area contributed by atoms with Gasteiger partial charge in [0.15, 0.2) is 0 Å². The number of hydrogen-bond donors (Lipinski definition) is 0. The number of sulfonamides is 1. The minimum Gasteiger partial charge on any atom is -0.379 e. The van der Waals surface area contributed by atoms with Crippen LogP contribution in [0.3, 0.4) is 0 Å². The number of rotatable bonds is 4. The molecule has 1 aliphatic heterocycles. The molecule has 1 saturated heterocycles. The van der Waals surface area contributed by atoms with Gasteiger partial charge in [-0.15, -0.1) is 0 Å². The lowest BCUT2D eigenvalue weighted by molar-refractivity contribution is 0.0730. The van der Waals surface area contributed by atoms with Crippen molar-refractivity contribution in [3.63, 3.8) is 0 Å². The van der Waals surface area contributed by atoms with Crippen molar-refractivity contribution in [1.29, 1.82) is 0 Å². The fourth-order valence-electron chi connectivity index (χ4n) is 1.75. The third kappa shape index (κ3) is 3.49. The average Bonchev–Trinajstić information content (AvgIpc) is 2.39. The zero-order chi connectivity index (χ0) is 12.1. The first-order valence-corrected chi connectivity index (χ1v) is 7.24. The lowest BCUT2D eigenvalue weighted by Gasteiger charge is -2.25. The maximum absolute atomic E-state index is 12.0. The van der Waals surface area contributed by atoms with Crippen molar-refractivity contribution in [2.24, 2.45) is 0 Å². The van der Waals surface area contributed by atoms with E-state index in [0.29, 0.717) is 32.7 Å². The number of pyridine rings is 1. The monoisotopic (exact) mass is 256 g/mol. The molecule has 1 aromatic heterocycles. The second-order valence-corrected chi connectivity index (χ2v) is 6.02. The van der Waals surface area contributed by atoms with Crippen LogP contribution in [0.5, 0.6) is 0 Å². The van der Waals surface area contributed by atoms with E-state index in [-0.39, 0.29) is 5.75 Å². The number of aryl methyl sites for hydroxylation is 1. The molecule has 6 heteroatoms. The van der Waals surface area contributed by atoms with Gasteiger partial charge in [0.1, 0.15) is 0 Å². The standard InChI is InChI=1S/C11H16N2O3S/c14-17(15,13-6-8-16-9-7-13)10-3-11-1-4-12-5-2-11/h1-2,4-5H,3,6-10H2. The lowest BCUT2D eigenvalue weighted by Crippen LogP contribution is -2.42. The Balaban J connectivity index is 1.93. The lowest BCUT2D eigenvalue weighted by atomic mass is 10.2. The van der Waals surface area contributed by atoms with Crippen LogP contribution in [0.1, 0.15) is 5.56 Å².